The molecule has 0 N–H and O–H groups in total. The monoisotopic (exact) mass is 304 g/mol. The molecule has 0 nitrogen and oxygen atoms in total. The lowest BCUT2D eigenvalue weighted by Crippen LogP contribution is -2.17. The normalized spacial score (nSPS) is 27.9. The number of thioether (sulfide) groups is 4. The summed E-state index contributed by atoms with van der Waals surface area (Å²) in [5.74, 6) is 6.99. The van der Waals surface area contributed by atoms with E-state index >= 15 is 0 Å². The molecular weight excluding hydrogens is 288 g/mol. The zero-order valence-electron chi connectivity index (χ0n) is 7.92. The van der Waals surface area contributed by atoms with Crippen LogP contribution < -0.4 is 0 Å². The van der Waals surface area contributed by atoms with E-state index in [1.54, 1.807) is 0 Å². The number of thiol groups is 2. The third-order valence-corrected chi connectivity index (χ3v) is 9.24. The second kappa shape index (κ2) is 9.16. The topological polar surface area (TPSA) is 0 Å². The minimum Gasteiger partial charge on any atom is -0.179 e. The van der Waals surface area contributed by atoms with Gasteiger partial charge in [-0.15, -0.1) is 47.0 Å². The van der Waals surface area contributed by atoms with Crippen LogP contribution in [0.2, 0.25) is 0 Å². The van der Waals surface area contributed by atoms with E-state index in [0.29, 0.717) is 0 Å². The second-order valence-corrected chi connectivity index (χ2v) is 9.30. The Hall–Kier alpha value is 2.10. The minimum absolute atomic E-state index is 0.806. The predicted molar refractivity (Wildman–Crippen MR) is 85.1 cm³/mol. The number of hydrogen-bond acceptors (Lipinski definition) is 6. The number of rotatable bonds is 6. The van der Waals surface area contributed by atoms with Crippen LogP contribution in [-0.2, 0) is 0 Å². The molecule has 2 atom stereocenters. The summed E-state index contributed by atoms with van der Waals surface area (Å²) in [6.07, 6.45) is 0. The molecular formula is C8H16S6. The third-order valence-electron chi connectivity index (χ3n) is 1.63. The summed E-state index contributed by atoms with van der Waals surface area (Å²) < 4.78 is 1.61. The molecule has 0 unspecified atom stereocenters. The molecule has 0 radical (unpaired) electrons. The molecule has 0 aromatic carbocycles. The van der Waals surface area contributed by atoms with E-state index in [-0.39, 0.29) is 0 Å². The average Bonchev–Trinajstić information content (AvgIpc) is 2.25. The lowest BCUT2D eigenvalue weighted by atomic mass is 10.9. The Labute approximate surface area is 115 Å². The average molecular weight is 305 g/mol. The summed E-state index contributed by atoms with van der Waals surface area (Å²) >= 11 is 16.8. The van der Waals surface area contributed by atoms with E-state index in [0.717, 1.165) is 20.7 Å². The molecule has 1 rings (SSSR count). The van der Waals surface area contributed by atoms with Gasteiger partial charge in [-0.3, -0.25) is 0 Å². The van der Waals surface area contributed by atoms with Crippen molar-refractivity contribution in [1.29, 1.82) is 0 Å². The fourth-order valence-corrected chi connectivity index (χ4v) is 7.44. The van der Waals surface area contributed by atoms with Crippen molar-refractivity contribution in [2.45, 2.75) is 9.16 Å². The quantitative estimate of drug-likeness (QED) is 0.721. The van der Waals surface area contributed by atoms with E-state index in [9.17, 15) is 0 Å². The molecule has 0 spiro atoms. The van der Waals surface area contributed by atoms with Gasteiger partial charge in [-0.25, -0.2) is 0 Å². The summed E-state index contributed by atoms with van der Waals surface area (Å²) in [6, 6.07) is 0. The Balaban J connectivity index is 2.05. The first kappa shape index (κ1) is 14.2. The van der Waals surface area contributed by atoms with Crippen molar-refractivity contribution in [2.24, 2.45) is 0 Å². The first-order valence-corrected chi connectivity index (χ1v) is 10.0. The molecule has 0 saturated carbocycles. The highest BCUT2D eigenvalue weighted by Gasteiger charge is 2.21. The fourth-order valence-electron chi connectivity index (χ4n) is 1.03. The van der Waals surface area contributed by atoms with Gasteiger partial charge < -0.3 is 0 Å². The van der Waals surface area contributed by atoms with Gasteiger partial charge in [-0.05, 0) is 11.5 Å². The third kappa shape index (κ3) is 5.99. The zero-order chi connectivity index (χ0) is 10.2. The summed E-state index contributed by atoms with van der Waals surface area (Å²) in [5, 5.41) is 0. The molecule has 0 amide bonds. The largest absolute Gasteiger partial charge is 0.179 e. The van der Waals surface area contributed by atoms with Crippen LogP contribution in [-0.4, -0.2) is 43.7 Å². The van der Waals surface area contributed by atoms with E-state index in [1.165, 1.54) is 23.0 Å². The van der Waals surface area contributed by atoms with Crippen molar-refractivity contribution in [3.05, 3.63) is 0 Å². The van der Waals surface area contributed by atoms with E-state index in [2.05, 4.69) is 72.3 Å². The van der Waals surface area contributed by atoms with Crippen molar-refractivity contribution in [2.75, 3.05) is 34.5 Å². The highest BCUT2D eigenvalue weighted by atomic mass is 32.2. The van der Waals surface area contributed by atoms with Crippen molar-refractivity contribution in [3.63, 3.8) is 0 Å². The van der Waals surface area contributed by atoms with Gasteiger partial charge in [0.05, 0.1) is 9.16 Å². The Morgan fingerprint density at radius 1 is 0.929 bits per heavy atom. The molecule has 0 aliphatic carbocycles. The first-order chi connectivity index (χ1) is 6.86. The molecule has 0 aromatic rings. The maximum absolute atomic E-state index is 4.23. The number of hydrogen-bond donors (Lipinski definition) is 2. The van der Waals surface area contributed by atoms with Crippen molar-refractivity contribution in [1.82, 2.24) is 0 Å². The van der Waals surface area contributed by atoms with Crippen LogP contribution in [0.15, 0.2) is 0 Å². The van der Waals surface area contributed by atoms with Crippen molar-refractivity contribution in [3.8, 4) is 0 Å². The first-order valence-electron chi connectivity index (χ1n) is 4.55. The molecule has 84 valence electrons. The van der Waals surface area contributed by atoms with E-state index < -0.39 is 0 Å². The van der Waals surface area contributed by atoms with Crippen LogP contribution >= 0.6 is 72.3 Å². The lowest BCUT2D eigenvalue weighted by molar-refractivity contribution is 1.31. The Kier molecular flexibility index (Phi) is 9.27. The standard InChI is InChI=1S/C8H16S6/c9-1-3-11-7-5-14-8(6-13-7)12-4-2-10/h7-10H,1-6H2/t7-,8+. The maximum atomic E-state index is 4.23. The van der Waals surface area contributed by atoms with Crippen LogP contribution in [0.25, 0.3) is 0 Å². The van der Waals surface area contributed by atoms with Gasteiger partial charge in [0, 0.05) is 23.0 Å². The van der Waals surface area contributed by atoms with Crippen molar-refractivity contribution >= 4 is 72.3 Å². The van der Waals surface area contributed by atoms with Crippen LogP contribution in [0.4, 0.5) is 0 Å². The van der Waals surface area contributed by atoms with Gasteiger partial charge in [0.15, 0.2) is 0 Å². The van der Waals surface area contributed by atoms with Gasteiger partial charge in [-0.1, -0.05) is 0 Å². The van der Waals surface area contributed by atoms with Gasteiger partial charge in [0.2, 0.25) is 0 Å². The van der Waals surface area contributed by atoms with Gasteiger partial charge >= 0.3 is 0 Å². The maximum Gasteiger partial charge on any atom is 0.0594 e. The predicted octanol–water partition coefficient (Wildman–Crippen LogP) is 3.44. The van der Waals surface area contributed by atoms with Gasteiger partial charge in [0.1, 0.15) is 0 Å². The van der Waals surface area contributed by atoms with Crippen LogP contribution in [0.1, 0.15) is 0 Å². The van der Waals surface area contributed by atoms with E-state index in [1.807, 2.05) is 0 Å². The molecule has 1 aliphatic heterocycles. The highest BCUT2D eigenvalue weighted by molar-refractivity contribution is 8.23. The van der Waals surface area contributed by atoms with Crippen molar-refractivity contribution < 1.29 is 0 Å². The summed E-state index contributed by atoms with van der Waals surface area (Å²) in [6.45, 7) is 0. The summed E-state index contributed by atoms with van der Waals surface area (Å²) in [5.41, 5.74) is 0. The smallest absolute Gasteiger partial charge is 0.0594 e. The fraction of sp³-hybridized carbons (Fsp3) is 1.00. The zero-order valence-corrected chi connectivity index (χ0v) is 13.0. The second-order valence-electron chi connectivity index (χ2n) is 2.71. The molecule has 1 heterocycles. The van der Waals surface area contributed by atoms with Gasteiger partial charge in [0.25, 0.3) is 0 Å². The van der Waals surface area contributed by atoms with E-state index in [4.69, 9.17) is 0 Å². The Bertz CT molecular complexity index is 118. The summed E-state index contributed by atoms with van der Waals surface area (Å²) in [7, 11) is 0. The molecule has 6 heteroatoms. The molecule has 1 aliphatic rings. The highest BCUT2D eigenvalue weighted by Crippen LogP contribution is 2.40. The molecule has 1 fully saturated rings. The minimum atomic E-state index is 0.806. The van der Waals surface area contributed by atoms with Crippen LogP contribution in [0.3, 0.4) is 0 Å². The summed E-state index contributed by atoms with van der Waals surface area (Å²) in [4.78, 5) is 0. The molecule has 14 heavy (non-hydrogen) atoms. The SMILES string of the molecule is SCCS[C@H]1CS[C@H](SCCS)CS1. The Morgan fingerprint density at radius 2 is 1.36 bits per heavy atom. The van der Waals surface area contributed by atoms with Crippen LogP contribution in [0.5, 0.6) is 0 Å². The Morgan fingerprint density at radius 3 is 1.64 bits per heavy atom. The van der Waals surface area contributed by atoms with Gasteiger partial charge in [-0.2, -0.15) is 25.3 Å². The lowest BCUT2D eigenvalue weighted by Gasteiger charge is -2.26. The molecule has 0 aromatic heterocycles. The van der Waals surface area contributed by atoms with Crippen LogP contribution in [0, 0.1) is 0 Å². The molecule has 0 bridgehead atoms. The molecule has 1 saturated heterocycles.